The van der Waals surface area contributed by atoms with E-state index in [1.54, 1.807) is 19.1 Å². The second-order valence-corrected chi connectivity index (χ2v) is 6.94. The first-order chi connectivity index (χ1) is 14.1. The second kappa shape index (κ2) is 8.22. The van der Waals surface area contributed by atoms with Crippen molar-refractivity contribution in [3.63, 3.8) is 0 Å². The van der Waals surface area contributed by atoms with Crippen molar-refractivity contribution in [2.24, 2.45) is 0 Å². The van der Waals surface area contributed by atoms with Gasteiger partial charge in [0.25, 0.3) is 5.91 Å². The molecule has 3 aromatic rings. The van der Waals surface area contributed by atoms with Crippen LogP contribution in [0, 0.1) is 0 Å². The van der Waals surface area contributed by atoms with Crippen LogP contribution in [0.2, 0.25) is 0 Å². The number of aryl methyl sites for hydroxylation is 1. The second-order valence-electron chi connectivity index (χ2n) is 6.94. The van der Waals surface area contributed by atoms with Crippen molar-refractivity contribution < 1.29 is 14.3 Å². The van der Waals surface area contributed by atoms with Gasteiger partial charge in [0.2, 0.25) is 0 Å². The maximum absolute atomic E-state index is 12.6. The van der Waals surface area contributed by atoms with Crippen LogP contribution in [0.3, 0.4) is 0 Å². The Balaban J connectivity index is 1.37. The number of fused-ring (bicyclic) bond motifs is 1. The van der Waals surface area contributed by atoms with Gasteiger partial charge in [0.15, 0.2) is 11.9 Å². The number of rotatable bonds is 5. The van der Waals surface area contributed by atoms with Gasteiger partial charge in [-0.05, 0) is 49.4 Å². The zero-order valence-electron chi connectivity index (χ0n) is 16.0. The topological polar surface area (TPSA) is 99.0 Å². The number of amides is 1. The molecule has 0 spiro atoms. The van der Waals surface area contributed by atoms with Gasteiger partial charge in [0, 0.05) is 6.20 Å². The fourth-order valence-electron chi connectivity index (χ4n) is 3.44. The maximum atomic E-state index is 12.6. The Morgan fingerprint density at radius 3 is 2.86 bits per heavy atom. The van der Waals surface area contributed by atoms with Gasteiger partial charge < -0.3 is 10.1 Å². The van der Waals surface area contributed by atoms with Gasteiger partial charge in [0.05, 0.1) is 11.6 Å². The lowest BCUT2D eigenvalue weighted by Crippen LogP contribution is -2.39. The first-order valence-corrected chi connectivity index (χ1v) is 9.52. The number of hydrogen-bond acceptors (Lipinski definition) is 6. The van der Waals surface area contributed by atoms with Crippen molar-refractivity contribution >= 4 is 11.9 Å². The minimum atomic E-state index is -0.911. The molecule has 0 bridgehead atoms. The van der Waals surface area contributed by atoms with Crippen LogP contribution in [0.25, 0.3) is 5.82 Å². The van der Waals surface area contributed by atoms with Gasteiger partial charge >= 0.3 is 5.97 Å². The molecule has 1 aromatic carbocycles. The van der Waals surface area contributed by atoms with E-state index in [-0.39, 0.29) is 17.5 Å². The summed E-state index contributed by atoms with van der Waals surface area (Å²) in [6, 6.07) is 11.3. The van der Waals surface area contributed by atoms with E-state index in [1.165, 1.54) is 29.1 Å². The number of nitrogens with zero attached hydrogens (tertiary/aromatic N) is 4. The molecule has 1 aliphatic rings. The van der Waals surface area contributed by atoms with E-state index in [0.29, 0.717) is 5.82 Å². The predicted octanol–water partition coefficient (Wildman–Crippen LogP) is 2.40. The summed E-state index contributed by atoms with van der Waals surface area (Å²) in [7, 11) is 0. The van der Waals surface area contributed by atoms with Crippen LogP contribution in [-0.4, -0.2) is 37.7 Å². The number of carbonyl (C=O) groups excluding carboxylic acids is 2. The molecule has 0 aliphatic heterocycles. The third kappa shape index (κ3) is 4.16. The minimum absolute atomic E-state index is 0.0581. The smallest absolute Gasteiger partial charge is 0.340 e. The highest BCUT2D eigenvalue weighted by Crippen LogP contribution is 2.29. The first-order valence-electron chi connectivity index (χ1n) is 9.52. The van der Waals surface area contributed by atoms with Crippen molar-refractivity contribution in [3.8, 4) is 5.82 Å². The Morgan fingerprint density at radius 2 is 2.10 bits per heavy atom. The van der Waals surface area contributed by atoms with E-state index in [9.17, 15) is 9.59 Å². The standard InChI is InChI=1S/C21H21N5O3/c1-14(20(27)25-18-8-4-6-15-5-2-3-7-17(15)18)29-21(28)16-9-10-19(23-11-16)26-13-22-12-24-26/h2-3,5,7,9-14,18H,4,6,8H2,1H3,(H,25,27)/t14-,18-/m1/s1. The number of aromatic nitrogens is 4. The number of benzene rings is 1. The maximum Gasteiger partial charge on any atom is 0.340 e. The molecule has 0 saturated carbocycles. The largest absolute Gasteiger partial charge is 0.449 e. The number of esters is 1. The van der Waals surface area contributed by atoms with Gasteiger partial charge in [-0.25, -0.2) is 19.4 Å². The Morgan fingerprint density at radius 1 is 1.24 bits per heavy atom. The highest BCUT2D eigenvalue weighted by molar-refractivity contribution is 5.92. The summed E-state index contributed by atoms with van der Waals surface area (Å²) in [5, 5.41) is 6.99. The van der Waals surface area contributed by atoms with Gasteiger partial charge in [-0.15, -0.1) is 0 Å². The fraction of sp³-hybridized carbons (Fsp3) is 0.286. The number of carbonyl (C=O) groups is 2. The van der Waals surface area contributed by atoms with Gasteiger partial charge in [-0.3, -0.25) is 4.79 Å². The summed E-state index contributed by atoms with van der Waals surface area (Å²) >= 11 is 0. The van der Waals surface area contributed by atoms with E-state index in [4.69, 9.17) is 4.74 Å². The predicted molar refractivity (Wildman–Crippen MR) is 104 cm³/mol. The number of ether oxygens (including phenoxy) is 1. The summed E-state index contributed by atoms with van der Waals surface area (Å²) in [5.74, 6) is -0.387. The van der Waals surface area contributed by atoms with Gasteiger partial charge in [0.1, 0.15) is 12.7 Å². The Labute approximate surface area is 167 Å². The Hall–Kier alpha value is -3.55. The molecule has 0 fully saturated rings. The van der Waals surface area contributed by atoms with E-state index in [0.717, 1.165) is 24.8 Å². The van der Waals surface area contributed by atoms with Gasteiger partial charge in [-0.2, -0.15) is 5.10 Å². The SMILES string of the molecule is C[C@@H](OC(=O)c1ccc(-n2cncn2)nc1)C(=O)N[C@@H]1CCCc2ccccc21. The zero-order valence-corrected chi connectivity index (χ0v) is 16.0. The molecular weight excluding hydrogens is 370 g/mol. The van der Waals surface area contributed by atoms with E-state index in [2.05, 4.69) is 26.4 Å². The van der Waals surface area contributed by atoms with Crippen LogP contribution in [0.1, 0.15) is 47.3 Å². The summed E-state index contributed by atoms with van der Waals surface area (Å²) in [4.78, 5) is 33.0. The van der Waals surface area contributed by atoms with Crippen molar-refractivity contribution in [2.75, 3.05) is 0 Å². The normalized spacial score (nSPS) is 16.5. The molecule has 29 heavy (non-hydrogen) atoms. The molecule has 8 heteroatoms. The third-order valence-electron chi connectivity index (χ3n) is 4.98. The lowest BCUT2D eigenvalue weighted by atomic mass is 9.87. The van der Waals surface area contributed by atoms with Crippen LogP contribution in [0.4, 0.5) is 0 Å². The van der Waals surface area contributed by atoms with Gasteiger partial charge in [-0.1, -0.05) is 24.3 Å². The molecule has 0 radical (unpaired) electrons. The van der Waals surface area contributed by atoms with E-state index in [1.807, 2.05) is 18.2 Å². The van der Waals surface area contributed by atoms with Crippen molar-refractivity contribution in [2.45, 2.75) is 38.3 Å². The highest BCUT2D eigenvalue weighted by atomic mass is 16.5. The number of pyridine rings is 1. The molecule has 0 saturated heterocycles. The van der Waals surface area contributed by atoms with Crippen LogP contribution >= 0.6 is 0 Å². The molecule has 8 nitrogen and oxygen atoms in total. The molecule has 2 aromatic heterocycles. The zero-order chi connectivity index (χ0) is 20.2. The molecule has 2 heterocycles. The summed E-state index contributed by atoms with van der Waals surface area (Å²) in [6.45, 7) is 1.57. The summed E-state index contributed by atoms with van der Waals surface area (Å²) < 4.78 is 6.81. The monoisotopic (exact) mass is 391 g/mol. The lowest BCUT2D eigenvalue weighted by Gasteiger charge is -2.27. The molecule has 1 aliphatic carbocycles. The Bertz CT molecular complexity index is 1000. The lowest BCUT2D eigenvalue weighted by molar-refractivity contribution is -0.130. The molecule has 148 valence electrons. The van der Waals surface area contributed by atoms with Crippen LogP contribution < -0.4 is 5.32 Å². The fourth-order valence-corrected chi connectivity index (χ4v) is 3.44. The van der Waals surface area contributed by atoms with Crippen LogP contribution in [0.5, 0.6) is 0 Å². The molecule has 1 amide bonds. The third-order valence-corrected chi connectivity index (χ3v) is 4.98. The average molecular weight is 391 g/mol. The van der Waals surface area contributed by atoms with Crippen molar-refractivity contribution in [1.29, 1.82) is 0 Å². The molecular formula is C21H21N5O3. The molecule has 2 atom stereocenters. The van der Waals surface area contributed by atoms with E-state index >= 15 is 0 Å². The Kier molecular flexibility index (Phi) is 5.33. The molecule has 1 N–H and O–H groups in total. The summed E-state index contributed by atoms with van der Waals surface area (Å²) in [5.41, 5.74) is 2.65. The van der Waals surface area contributed by atoms with Crippen LogP contribution in [-0.2, 0) is 16.0 Å². The van der Waals surface area contributed by atoms with Crippen LogP contribution in [0.15, 0.2) is 55.2 Å². The molecule has 4 rings (SSSR count). The average Bonchev–Trinajstić information content (AvgIpc) is 3.29. The quantitative estimate of drug-likeness (QED) is 0.671. The number of nitrogens with one attached hydrogen (secondary N) is 1. The highest BCUT2D eigenvalue weighted by Gasteiger charge is 2.25. The number of hydrogen-bond donors (Lipinski definition) is 1. The molecule has 0 unspecified atom stereocenters. The summed E-state index contributed by atoms with van der Waals surface area (Å²) in [6.07, 6.45) is 6.29. The first kappa shape index (κ1) is 18.8. The van der Waals surface area contributed by atoms with Crippen molar-refractivity contribution in [1.82, 2.24) is 25.1 Å². The van der Waals surface area contributed by atoms with E-state index < -0.39 is 12.1 Å². The van der Waals surface area contributed by atoms with Crippen molar-refractivity contribution in [3.05, 3.63) is 71.9 Å². The minimum Gasteiger partial charge on any atom is -0.449 e.